The second-order valence-electron chi connectivity index (χ2n) is 12.2. The zero-order chi connectivity index (χ0) is 32.7. The van der Waals surface area contributed by atoms with Crippen LogP contribution in [0, 0.1) is 12.3 Å². The lowest BCUT2D eigenvalue weighted by atomic mass is 10.2. The summed E-state index contributed by atoms with van der Waals surface area (Å²) < 4.78 is 62.5. The molecule has 0 N–H and O–H groups in total. The Hall–Kier alpha value is -3.71. The Morgan fingerprint density at radius 2 is 1.63 bits per heavy atom. The first-order valence-electron chi connectivity index (χ1n) is 15.0. The average molecular weight is 683 g/mol. The summed E-state index contributed by atoms with van der Waals surface area (Å²) in [6.07, 6.45) is 3.62. The smallest absolute Gasteiger partial charge is 0.316 e. The van der Waals surface area contributed by atoms with Gasteiger partial charge in [-0.2, -0.15) is 14.1 Å². The van der Waals surface area contributed by atoms with E-state index in [2.05, 4.69) is 12.0 Å². The van der Waals surface area contributed by atoms with Crippen molar-refractivity contribution in [3.8, 4) is 11.4 Å². The minimum atomic E-state index is -3.82. The molecule has 2 fully saturated rings. The van der Waals surface area contributed by atoms with Gasteiger partial charge < -0.3 is 9.64 Å². The van der Waals surface area contributed by atoms with E-state index in [4.69, 9.17) is 16.3 Å². The van der Waals surface area contributed by atoms with Crippen LogP contribution in [0.2, 0.25) is 5.02 Å². The second kappa shape index (κ2) is 12.5. The van der Waals surface area contributed by atoms with Gasteiger partial charge in [0, 0.05) is 36.6 Å². The average Bonchev–Trinajstić information content (AvgIpc) is 3.78. The quantitative estimate of drug-likeness (QED) is 0.233. The molecule has 1 saturated carbocycles. The summed E-state index contributed by atoms with van der Waals surface area (Å²) in [6, 6.07) is 19.7. The second-order valence-corrected chi connectivity index (χ2v) is 16.5. The number of hydrogen-bond donors (Lipinski definition) is 0. The number of ether oxygens (including phenoxy) is 1. The Morgan fingerprint density at radius 3 is 2.30 bits per heavy atom. The van der Waals surface area contributed by atoms with Crippen LogP contribution in [0.1, 0.15) is 30.9 Å². The first-order valence-corrected chi connectivity index (χ1v) is 18.5. The summed E-state index contributed by atoms with van der Waals surface area (Å²) in [5, 5.41) is 4.88. The van der Waals surface area contributed by atoms with E-state index in [1.807, 2.05) is 4.90 Å². The van der Waals surface area contributed by atoms with E-state index >= 15 is 0 Å². The summed E-state index contributed by atoms with van der Waals surface area (Å²) in [5.41, 5.74) is 1.56. The third-order valence-corrected chi connectivity index (χ3v) is 12.6. The van der Waals surface area contributed by atoms with Crippen LogP contribution >= 0.6 is 11.6 Å². The van der Waals surface area contributed by atoms with Crippen LogP contribution in [0.4, 0.5) is 5.69 Å². The maximum Gasteiger partial charge on any atom is 0.316 e. The molecular formula is C33H35ClN4O6S2. The van der Waals surface area contributed by atoms with Gasteiger partial charge in [0.05, 0.1) is 34.0 Å². The van der Waals surface area contributed by atoms with Gasteiger partial charge in [-0.25, -0.2) is 16.8 Å². The maximum absolute atomic E-state index is 13.7. The number of hydrogen-bond acceptors (Lipinski definition) is 8. The lowest BCUT2D eigenvalue weighted by Gasteiger charge is -2.35. The van der Waals surface area contributed by atoms with Gasteiger partial charge in [0.2, 0.25) is 25.6 Å². The molecule has 2 heterocycles. The number of piperazine rings is 1. The van der Waals surface area contributed by atoms with E-state index in [0.29, 0.717) is 47.2 Å². The number of sulfonamides is 1. The zero-order valence-electron chi connectivity index (χ0n) is 25.6. The van der Waals surface area contributed by atoms with E-state index in [-0.39, 0.29) is 39.8 Å². The molecule has 46 heavy (non-hydrogen) atoms. The number of anilines is 1. The topological polar surface area (TPSA) is 119 Å². The monoisotopic (exact) mass is 682 g/mol. The van der Waals surface area contributed by atoms with Crippen LogP contribution in [-0.2, 0) is 25.6 Å². The SMILES string of the molecule is Cc1ccc(CS(=O)(=O)N2CCN(c3cnn(-c4cccc(Cl)c4)c(=O)c3OCC3(C)CC3)CC2)cc1S(=O)(=O)c1ccccc1. The Morgan fingerprint density at radius 1 is 0.913 bits per heavy atom. The number of aryl methyl sites for hydroxylation is 1. The van der Waals surface area contributed by atoms with Crippen molar-refractivity contribution in [1.29, 1.82) is 0 Å². The molecule has 2 aliphatic rings. The predicted molar refractivity (Wildman–Crippen MR) is 177 cm³/mol. The number of rotatable bonds is 10. The summed E-state index contributed by atoms with van der Waals surface area (Å²) >= 11 is 6.17. The number of sulfone groups is 1. The largest absolute Gasteiger partial charge is 0.486 e. The lowest BCUT2D eigenvalue weighted by molar-refractivity contribution is 0.242. The fraction of sp³-hybridized carbons (Fsp3) is 0.333. The fourth-order valence-electron chi connectivity index (χ4n) is 5.45. The Balaban J connectivity index is 1.20. The number of halogens is 1. The molecule has 1 aliphatic heterocycles. The van der Waals surface area contributed by atoms with Gasteiger partial charge in [-0.1, -0.05) is 54.9 Å². The van der Waals surface area contributed by atoms with Crippen LogP contribution < -0.4 is 15.2 Å². The van der Waals surface area contributed by atoms with Crippen molar-refractivity contribution in [2.45, 2.75) is 42.2 Å². The van der Waals surface area contributed by atoms with Crippen molar-refractivity contribution >= 4 is 37.1 Å². The van der Waals surface area contributed by atoms with Crippen LogP contribution in [0.15, 0.2) is 93.6 Å². The van der Waals surface area contributed by atoms with Crippen LogP contribution in [-0.4, -0.2) is 63.7 Å². The molecule has 1 saturated heterocycles. The molecule has 0 radical (unpaired) electrons. The van der Waals surface area contributed by atoms with Crippen molar-refractivity contribution in [1.82, 2.24) is 14.1 Å². The molecule has 242 valence electrons. The Labute approximate surface area is 274 Å². The molecule has 0 amide bonds. The highest BCUT2D eigenvalue weighted by Crippen LogP contribution is 2.45. The van der Waals surface area contributed by atoms with Gasteiger partial charge >= 0.3 is 5.56 Å². The normalized spacial score (nSPS) is 16.7. The van der Waals surface area contributed by atoms with Gasteiger partial charge in [-0.05, 0) is 67.3 Å². The number of benzene rings is 3. The third kappa shape index (κ3) is 6.71. The summed E-state index contributed by atoms with van der Waals surface area (Å²) in [5.74, 6) is -0.166. The molecule has 1 aromatic heterocycles. The summed E-state index contributed by atoms with van der Waals surface area (Å²) in [7, 11) is -7.60. The molecule has 1 aliphatic carbocycles. The highest BCUT2D eigenvalue weighted by molar-refractivity contribution is 7.91. The van der Waals surface area contributed by atoms with Gasteiger partial charge in [0.25, 0.3) is 0 Å². The summed E-state index contributed by atoms with van der Waals surface area (Å²) in [4.78, 5) is 15.8. The predicted octanol–water partition coefficient (Wildman–Crippen LogP) is 4.86. The van der Waals surface area contributed by atoms with Crippen molar-refractivity contribution in [2.24, 2.45) is 5.41 Å². The third-order valence-electron chi connectivity index (χ3n) is 8.55. The van der Waals surface area contributed by atoms with Gasteiger partial charge in [-0.3, -0.25) is 4.79 Å². The molecule has 3 aromatic carbocycles. The highest BCUT2D eigenvalue weighted by Gasteiger charge is 2.39. The molecule has 0 unspecified atom stereocenters. The first kappa shape index (κ1) is 32.2. The van der Waals surface area contributed by atoms with Crippen LogP contribution in [0.25, 0.3) is 5.69 Å². The number of nitrogens with zero attached hydrogens (tertiary/aromatic N) is 4. The minimum absolute atomic E-state index is 0.0247. The van der Waals surface area contributed by atoms with Crippen molar-refractivity contribution in [2.75, 3.05) is 37.7 Å². The molecular weight excluding hydrogens is 648 g/mol. The summed E-state index contributed by atoms with van der Waals surface area (Å²) in [6.45, 7) is 5.18. The molecule has 6 rings (SSSR count). The maximum atomic E-state index is 13.7. The Kier molecular flexibility index (Phi) is 8.75. The molecule has 13 heteroatoms. The van der Waals surface area contributed by atoms with Crippen molar-refractivity contribution in [3.05, 3.63) is 105 Å². The Bertz CT molecular complexity index is 2040. The fourth-order valence-corrected chi connectivity index (χ4v) is 8.70. The van der Waals surface area contributed by atoms with E-state index in [0.717, 1.165) is 12.8 Å². The lowest BCUT2D eigenvalue weighted by Crippen LogP contribution is -2.49. The van der Waals surface area contributed by atoms with Crippen LogP contribution in [0.3, 0.4) is 0 Å². The van der Waals surface area contributed by atoms with E-state index in [9.17, 15) is 21.6 Å². The van der Waals surface area contributed by atoms with Gasteiger partial charge in [0.1, 0.15) is 5.69 Å². The molecule has 0 atom stereocenters. The number of aromatic nitrogens is 2. The highest BCUT2D eigenvalue weighted by atomic mass is 35.5. The standard InChI is InChI=1S/C33H35ClN4O6S2/c1-24-11-12-25(19-30(24)46(42,43)28-9-4-3-5-10-28)22-45(40,41)37-17-15-36(16-18-37)29-21-35-38(27-8-6-7-26(34)20-27)32(39)31(29)44-23-33(2)13-14-33/h3-12,19-21H,13-18,22-23H2,1-2H3. The first-order chi connectivity index (χ1) is 21.9. The van der Waals surface area contributed by atoms with E-state index < -0.39 is 25.4 Å². The van der Waals surface area contributed by atoms with Crippen molar-refractivity contribution < 1.29 is 21.6 Å². The van der Waals surface area contributed by atoms with Crippen molar-refractivity contribution in [3.63, 3.8) is 0 Å². The minimum Gasteiger partial charge on any atom is -0.486 e. The van der Waals surface area contributed by atoms with Crippen LogP contribution in [0.5, 0.6) is 5.75 Å². The molecule has 4 aromatic rings. The molecule has 0 spiro atoms. The zero-order valence-corrected chi connectivity index (χ0v) is 28.0. The van der Waals surface area contributed by atoms with E-state index in [1.54, 1.807) is 67.7 Å². The van der Waals surface area contributed by atoms with Gasteiger partial charge in [0.15, 0.2) is 0 Å². The molecule has 10 nitrogen and oxygen atoms in total. The van der Waals surface area contributed by atoms with Gasteiger partial charge in [-0.15, -0.1) is 0 Å². The molecule has 0 bridgehead atoms. The van der Waals surface area contributed by atoms with E-state index in [1.165, 1.54) is 27.2 Å².